The molecule has 0 radical (unpaired) electrons. The van der Waals surface area contributed by atoms with Crippen LogP contribution in [0.15, 0.2) is 36.8 Å². The lowest BCUT2D eigenvalue weighted by atomic mass is 9.85. The first-order valence-electron chi connectivity index (χ1n) is 11.9. The monoisotopic (exact) mass is 518 g/mol. The van der Waals surface area contributed by atoms with Gasteiger partial charge in [0, 0.05) is 53.3 Å². The number of carbonyl (C=O) groups is 1. The average Bonchev–Trinajstić information content (AvgIpc) is 3.52. The molecule has 0 bridgehead atoms. The summed E-state index contributed by atoms with van der Waals surface area (Å²) in [6, 6.07) is 5.28. The zero-order chi connectivity index (χ0) is 25.1. The molecule has 2 aliphatic rings. The molecule has 1 N–H and O–H groups in total. The maximum absolute atomic E-state index is 13.0. The van der Waals surface area contributed by atoms with Crippen LogP contribution < -0.4 is 10.1 Å². The number of benzene rings is 1. The highest BCUT2D eigenvalue weighted by Gasteiger charge is 2.34. The third-order valence-electron chi connectivity index (χ3n) is 6.32. The van der Waals surface area contributed by atoms with E-state index < -0.39 is 17.9 Å². The van der Waals surface area contributed by atoms with E-state index >= 15 is 0 Å². The van der Waals surface area contributed by atoms with Crippen LogP contribution >= 0.6 is 11.3 Å². The maximum atomic E-state index is 13.0. The number of rotatable bonds is 8. The second kappa shape index (κ2) is 10.5. The van der Waals surface area contributed by atoms with Gasteiger partial charge in [-0.25, -0.2) is 15.0 Å². The van der Waals surface area contributed by atoms with Crippen molar-refractivity contribution < 1.29 is 27.4 Å². The molecule has 3 heterocycles. The van der Waals surface area contributed by atoms with Gasteiger partial charge in [-0.2, -0.15) is 13.2 Å². The number of aromatic nitrogens is 3. The Hall–Kier alpha value is -3.05. The molecule has 1 aliphatic carbocycles. The van der Waals surface area contributed by atoms with Crippen LogP contribution in [0, 0.1) is 0 Å². The van der Waals surface area contributed by atoms with Gasteiger partial charge in [0.2, 0.25) is 5.82 Å². The second-order valence-electron chi connectivity index (χ2n) is 8.98. The molecule has 2 aromatic heterocycles. The third kappa shape index (κ3) is 5.84. The smallest absolute Gasteiger partial charge is 0.451 e. The molecule has 1 atom stereocenters. The SMILES string of the molecule is O=C(NCc1cnc(C(F)(F)F)nc1)c1cc(OC[C@H]2CCCO2)cc(-c2ncc(C3CCC3)s2)c1. The molecule has 36 heavy (non-hydrogen) atoms. The normalized spacial score (nSPS) is 18.1. The van der Waals surface area contributed by atoms with Crippen molar-refractivity contribution in [3.63, 3.8) is 0 Å². The topological polar surface area (TPSA) is 86.2 Å². The lowest BCUT2D eigenvalue weighted by molar-refractivity contribution is -0.145. The lowest BCUT2D eigenvalue weighted by Gasteiger charge is -2.23. The van der Waals surface area contributed by atoms with Crippen LogP contribution in [0.25, 0.3) is 10.6 Å². The van der Waals surface area contributed by atoms with Crippen LogP contribution in [-0.4, -0.2) is 40.2 Å². The molecule has 1 amide bonds. The zero-order valence-corrected chi connectivity index (χ0v) is 20.2. The molecular weight excluding hydrogens is 493 g/mol. The summed E-state index contributed by atoms with van der Waals surface area (Å²) in [6.07, 6.45) is 4.94. The standard InChI is InChI=1S/C25H25F3N4O3S/c26-25(27,28)24-31-11-15(12-32-24)10-29-22(33)17-7-18(23-30-13-21(36-23)16-3-1-4-16)9-20(8-17)35-14-19-5-2-6-34-19/h7-9,11-13,16,19H,1-6,10,14H2,(H,29,33)/t19-/m1/s1. The zero-order valence-electron chi connectivity index (χ0n) is 19.4. The summed E-state index contributed by atoms with van der Waals surface area (Å²) < 4.78 is 49.7. The average molecular weight is 519 g/mol. The summed E-state index contributed by atoms with van der Waals surface area (Å²) in [4.78, 5) is 25.5. The number of hydrogen-bond acceptors (Lipinski definition) is 7. The molecule has 1 saturated heterocycles. The number of alkyl halides is 3. The number of hydrogen-bond donors (Lipinski definition) is 1. The van der Waals surface area contributed by atoms with Gasteiger partial charge in [-0.1, -0.05) is 6.42 Å². The van der Waals surface area contributed by atoms with Crippen molar-refractivity contribution in [2.75, 3.05) is 13.2 Å². The summed E-state index contributed by atoms with van der Waals surface area (Å²) in [5.41, 5.74) is 1.49. The Bertz CT molecular complexity index is 1210. The van der Waals surface area contributed by atoms with Gasteiger partial charge in [-0.15, -0.1) is 11.3 Å². The first-order valence-corrected chi connectivity index (χ1v) is 12.7. The summed E-state index contributed by atoms with van der Waals surface area (Å²) in [5, 5.41) is 3.53. The van der Waals surface area contributed by atoms with Crippen molar-refractivity contribution in [1.82, 2.24) is 20.3 Å². The number of carbonyl (C=O) groups excluding carboxylic acids is 1. The van der Waals surface area contributed by atoms with E-state index in [4.69, 9.17) is 9.47 Å². The Morgan fingerprint density at radius 2 is 1.89 bits per heavy atom. The van der Waals surface area contributed by atoms with Crippen molar-refractivity contribution >= 4 is 17.2 Å². The van der Waals surface area contributed by atoms with Crippen LogP contribution in [0.3, 0.4) is 0 Å². The Labute approximate surface area is 210 Å². The molecule has 2 fully saturated rings. The third-order valence-corrected chi connectivity index (χ3v) is 7.53. The Kier molecular flexibility index (Phi) is 7.20. The van der Waals surface area contributed by atoms with Crippen molar-refractivity contribution in [2.24, 2.45) is 0 Å². The summed E-state index contributed by atoms with van der Waals surface area (Å²) >= 11 is 1.62. The minimum Gasteiger partial charge on any atom is -0.491 e. The van der Waals surface area contributed by atoms with E-state index in [9.17, 15) is 18.0 Å². The van der Waals surface area contributed by atoms with Crippen LogP contribution in [0.1, 0.15) is 64.6 Å². The quantitative estimate of drug-likeness (QED) is 0.431. The Morgan fingerprint density at radius 3 is 2.56 bits per heavy atom. The maximum Gasteiger partial charge on any atom is 0.451 e. The molecule has 190 valence electrons. The van der Waals surface area contributed by atoms with Gasteiger partial charge < -0.3 is 14.8 Å². The summed E-state index contributed by atoms with van der Waals surface area (Å²) in [7, 11) is 0. The lowest BCUT2D eigenvalue weighted by Crippen LogP contribution is -2.23. The van der Waals surface area contributed by atoms with E-state index in [0.717, 1.165) is 42.4 Å². The number of nitrogens with one attached hydrogen (secondary N) is 1. The molecular formula is C25H25F3N4O3S. The fourth-order valence-electron chi connectivity index (χ4n) is 4.08. The van der Waals surface area contributed by atoms with Crippen molar-refractivity contribution in [2.45, 2.75) is 56.8 Å². The predicted octanol–water partition coefficient (Wildman–Crippen LogP) is 5.37. The van der Waals surface area contributed by atoms with Crippen molar-refractivity contribution in [1.29, 1.82) is 0 Å². The van der Waals surface area contributed by atoms with Crippen molar-refractivity contribution in [3.8, 4) is 16.3 Å². The number of thiazole rings is 1. The van der Waals surface area contributed by atoms with E-state index in [1.807, 2.05) is 12.3 Å². The second-order valence-corrected chi connectivity index (χ2v) is 10.0. The van der Waals surface area contributed by atoms with Gasteiger partial charge in [0.1, 0.15) is 17.4 Å². The highest BCUT2D eigenvalue weighted by Crippen LogP contribution is 2.41. The largest absolute Gasteiger partial charge is 0.491 e. The molecule has 1 aliphatic heterocycles. The number of nitrogens with zero attached hydrogens (tertiary/aromatic N) is 3. The van der Waals surface area contributed by atoms with Crippen molar-refractivity contribution in [3.05, 3.63) is 58.6 Å². The van der Waals surface area contributed by atoms with Crippen LogP contribution in [0.5, 0.6) is 5.75 Å². The van der Waals surface area contributed by atoms with E-state index in [1.54, 1.807) is 23.5 Å². The van der Waals surface area contributed by atoms with Crippen LogP contribution in [-0.2, 0) is 17.5 Å². The molecule has 7 nitrogen and oxygen atoms in total. The molecule has 1 saturated carbocycles. The first kappa shape index (κ1) is 24.6. The Balaban J connectivity index is 1.32. The van der Waals surface area contributed by atoms with E-state index in [1.165, 1.54) is 24.1 Å². The Morgan fingerprint density at radius 1 is 1.08 bits per heavy atom. The van der Waals surface area contributed by atoms with E-state index in [2.05, 4.69) is 20.3 Å². The highest BCUT2D eigenvalue weighted by atomic mass is 32.1. The molecule has 5 rings (SSSR count). The van der Waals surface area contributed by atoms with Crippen LogP contribution in [0.4, 0.5) is 13.2 Å². The highest BCUT2D eigenvalue weighted by molar-refractivity contribution is 7.15. The summed E-state index contributed by atoms with van der Waals surface area (Å²) in [5.74, 6) is -0.521. The molecule has 3 aromatic rings. The van der Waals surface area contributed by atoms with Gasteiger partial charge in [-0.05, 0) is 49.8 Å². The van der Waals surface area contributed by atoms with Gasteiger partial charge >= 0.3 is 6.18 Å². The predicted molar refractivity (Wildman–Crippen MR) is 127 cm³/mol. The molecule has 0 spiro atoms. The molecule has 11 heteroatoms. The van der Waals surface area contributed by atoms with Gasteiger partial charge in [0.05, 0.1) is 6.10 Å². The van der Waals surface area contributed by atoms with Gasteiger partial charge in [-0.3, -0.25) is 4.79 Å². The van der Waals surface area contributed by atoms with E-state index in [0.29, 0.717) is 29.4 Å². The fourth-order valence-corrected chi connectivity index (χ4v) is 5.15. The fraction of sp³-hybridized carbons (Fsp3) is 0.440. The molecule has 1 aromatic carbocycles. The van der Waals surface area contributed by atoms with E-state index in [-0.39, 0.29) is 12.6 Å². The number of ether oxygens (including phenoxy) is 2. The van der Waals surface area contributed by atoms with Gasteiger partial charge in [0.15, 0.2) is 0 Å². The van der Waals surface area contributed by atoms with Gasteiger partial charge in [0.25, 0.3) is 5.91 Å². The first-order chi connectivity index (χ1) is 17.3. The molecule has 0 unspecified atom stereocenters. The number of amides is 1. The number of halogens is 3. The minimum absolute atomic E-state index is 0.0175. The summed E-state index contributed by atoms with van der Waals surface area (Å²) in [6.45, 7) is 1.09. The minimum atomic E-state index is -4.61. The van der Waals surface area contributed by atoms with Crippen LogP contribution in [0.2, 0.25) is 0 Å².